The molecule has 0 rings (SSSR count). The number of hydrogen-bond donors (Lipinski definition) is 2. The summed E-state index contributed by atoms with van der Waals surface area (Å²) in [6, 6.07) is 0. The van der Waals surface area contributed by atoms with E-state index in [-0.39, 0.29) is 62.0 Å². The Bertz CT molecular complexity index is 352. The quantitative estimate of drug-likeness (QED) is 0.322. The molecule has 0 aromatic carbocycles. The number of aliphatic carboxylic acids is 2. The fourth-order valence-electron chi connectivity index (χ4n) is 1.08. The van der Waals surface area contributed by atoms with Crippen molar-refractivity contribution in [2.75, 3.05) is 25.4 Å². The van der Waals surface area contributed by atoms with Crippen molar-refractivity contribution in [3.63, 3.8) is 0 Å². The van der Waals surface area contributed by atoms with E-state index >= 15 is 0 Å². The molecule has 0 aromatic heterocycles. The van der Waals surface area contributed by atoms with Crippen LogP contribution in [0.1, 0.15) is 12.8 Å². The molecule has 0 aliphatic rings. The Morgan fingerprint density at radius 2 is 1.39 bits per heavy atom. The molecule has 0 fully saturated rings. The van der Waals surface area contributed by atoms with E-state index in [2.05, 4.69) is 0 Å². The Kier molecular flexibility index (Phi) is 10.9. The van der Waals surface area contributed by atoms with E-state index in [1.807, 2.05) is 0 Å². The standard InChI is InChI=1S/C8H15NO7S.Na/c10-7(11)1-3-9(4-2-8(12)13)5-6-17(14,15)16;/h1-6H2,(H,10,11)(H,12,13)(H,14,15,16);/q;+1/p-1. The van der Waals surface area contributed by atoms with E-state index in [0.717, 1.165) is 0 Å². The van der Waals surface area contributed by atoms with Crippen molar-refractivity contribution in [1.29, 1.82) is 0 Å². The van der Waals surface area contributed by atoms with Crippen molar-refractivity contribution in [2.45, 2.75) is 12.8 Å². The molecule has 10 heteroatoms. The third-order valence-corrected chi connectivity index (χ3v) is 2.62. The largest absolute Gasteiger partial charge is 1.00 e. The van der Waals surface area contributed by atoms with Crippen LogP contribution in [0.2, 0.25) is 0 Å². The molecule has 2 N–H and O–H groups in total. The molecular formula is C8H14NNaO7S. The Hall–Kier alpha value is -0.190. The minimum absolute atomic E-state index is 0. The van der Waals surface area contributed by atoms with E-state index < -0.39 is 27.8 Å². The Balaban J connectivity index is 0. The molecule has 0 bridgehead atoms. The maximum atomic E-state index is 10.4. The maximum absolute atomic E-state index is 10.4. The molecule has 0 radical (unpaired) electrons. The van der Waals surface area contributed by atoms with Crippen LogP contribution in [0.25, 0.3) is 0 Å². The van der Waals surface area contributed by atoms with E-state index in [0.29, 0.717) is 0 Å². The van der Waals surface area contributed by atoms with Crippen LogP contribution in [0.3, 0.4) is 0 Å². The van der Waals surface area contributed by atoms with Crippen molar-refractivity contribution in [1.82, 2.24) is 4.90 Å². The van der Waals surface area contributed by atoms with Crippen LogP contribution in [-0.2, 0) is 19.7 Å². The normalized spacial score (nSPS) is 11.0. The zero-order valence-corrected chi connectivity index (χ0v) is 12.9. The van der Waals surface area contributed by atoms with Gasteiger partial charge in [0.05, 0.1) is 28.7 Å². The molecule has 0 saturated heterocycles. The SMILES string of the molecule is O=C(O)CCN(CCC(=O)O)CCS(=O)(=O)[O-].[Na+]. The van der Waals surface area contributed by atoms with Gasteiger partial charge in [-0.05, 0) is 0 Å². The Labute approximate surface area is 127 Å². The second kappa shape index (κ2) is 9.70. The predicted molar refractivity (Wildman–Crippen MR) is 55.5 cm³/mol. The number of rotatable bonds is 9. The predicted octanol–water partition coefficient (Wildman–Crippen LogP) is -4.21. The summed E-state index contributed by atoms with van der Waals surface area (Å²) in [5.74, 6) is -2.81. The Morgan fingerprint density at radius 1 is 1.00 bits per heavy atom. The maximum Gasteiger partial charge on any atom is 1.00 e. The van der Waals surface area contributed by atoms with Crippen LogP contribution in [0.4, 0.5) is 0 Å². The summed E-state index contributed by atoms with van der Waals surface area (Å²) in [4.78, 5) is 22.0. The van der Waals surface area contributed by atoms with Gasteiger partial charge in [-0.25, -0.2) is 8.42 Å². The fourth-order valence-corrected chi connectivity index (χ4v) is 1.57. The summed E-state index contributed by atoms with van der Waals surface area (Å²) in [6.07, 6.45) is -0.475. The van der Waals surface area contributed by atoms with Crippen LogP contribution in [-0.4, -0.2) is 65.4 Å². The van der Waals surface area contributed by atoms with Gasteiger partial charge in [-0.1, -0.05) is 0 Å². The van der Waals surface area contributed by atoms with Gasteiger partial charge in [0.25, 0.3) is 0 Å². The number of nitrogens with zero attached hydrogens (tertiary/aromatic N) is 1. The first kappa shape index (κ1) is 20.1. The number of carboxylic acid groups (broad SMARTS) is 2. The van der Waals surface area contributed by atoms with Crippen molar-refractivity contribution in [2.24, 2.45) is 0 Å². The topological polar surface area (TPSA) is 135 Å². The average Bonchev–Trinajstić information content (AvgIpc) is 2.14. The van der Waals surface area contributed by atoms with Gasteiger partial charge in [0.2, 0.25) is 0 Å². The van der Waals surface area contributed by atoms with Crippen molar-refractivity contribution >= 4 is 22.1 Å². The van der Waals surface area contributed by atoms with Crippen LogP contribution in [0, 0.1) is 0 Å². The summed E-state index contributed by atoms with van der Waals surface area (Å²) in [5.41, 5.74) is 0. The molecule has 8 nitrogen and oxygen atoms in total. The van der Waals surface area contributed by atoms with Crippen LogP contribution < -0.4 is 29.6 Å². The van der Waals surface area contributed by atoms with Gasteiger partial charge in [-0.15, -0.1) is 0 Å². The summed E-state index contributed by atoms with van der Waals surface area (Å²) in [5, 5.41) is 16.9. The molecule has 0 amide bonds. The molecule has 18 heavy (non-hydrogen) atoms. The first-order valence-corrected chi connectivity index (χ1v) is 6.38. The first-order chi connectivity index (χ1) is 7.70. The first-order valence-electron chi connectivity index (χ1n) is 4.80. The monoisotopic (exact) mass is 291 g/mol. The second-order valence-electron chi connectivity index (χ2n) is 3.39. The van der Waals surface area contributed by atoms with Crippen molar-refractivity contribution in [3.8, 4) is 0 Å². The van der Waals surface area contributed by atoms with Gasteiger partial charge in [0, 0.05) is 19.6 Å². The van der Waals surface area contributed by atoms with Gasteiger partial charge in [0.15, 0.2) is 0 Å². The molecule has 0 spiro atoms. The summed E-state index contributed by atoms with van der Waals surface area (Å²) in [6.45, 7) is -0.136. The summed E-state index contributed by atoms with van der Waals surface area (Å²) in [7, 11) is -4.38. The molecule has 0 aliphatic carbocycles. The number of hydrogen-bond acceptors (Lipinski definition) is 6. The molecule has 0 saturated carbocycles. The minimum atomic E-state index is -4.38. The minimum Gasteiger partial charge on any atom is -0.748 e. The van der Waals surface area contributed by atoms with E-state index in [1.165, 1.54) is 4.90 Å². The zero-order valence-electron chi connectivity index (χ0n) is 10.0. The Morgan fingerprint density at radius 3 is 1.67 bits per heavy atom. The molecular weight excluding hydrogens is 277 g/mol. The fraction of sp³-hybridized carbons (Fsp3) is 0.750. The zero-order chi connectivity index (χ0) is 13.5. The van der Waals surface area contributed by atoms with Gasteiger partial charge in [-0.2, -0.15) is 0 Å². The van der Waals surface area contributed by atoms with Gasteiger partial charge >= 0.3 is 41.5 Å². The van der Waals surface area contributed by atoms with Gasteiger partial charge < -0.3 is 19.7 Å². The van der Waals surface area contributed by atoms with E-state index in [9.17, 15) is 22.6 Å². The summed E-state index contributed by atoms with van der Waals surface area (Å²) < 4.78 is 31.2. The van der Waals surface area contributed by atoms with Gasteiger partial charge in [-0.3, -0.25) is 9.59 Å². The van der Waals surface area contributed by atoms with E-state index in [1.54, 1.807) is 0 Å². The molecule has 0 unspecified atom stereocenters. The van der Waals surface area contributed by atoms with Crippen LogP contribution >= 0.6 is 0 Å². The van der Waals surface area contributed by atoms with Crippen molar-refractivity contribution in [3.05, 3.63) is 0 Å². The molecule has 100 valence electrons. The smallest absolute Gasteiger partial charge is 0.748 e. The third-order valence-electron chi connectivity index (χ3n) is 1.94. The number of carboxylic acids is 2. The van der Waals surface area contributed by atoms with Crippen LogP contribution in [0.5, 0.6) is 0 Å². The second-order valence-corrected chi connectivity index (χ2v) is 4.91. The van der Waals surface area contributed by atoms with Crippen LogP contribution in [0.15, 0.2) is 0 Å². The molecule has 0 aromatic rings. The third kappa shape index (κ3) is 13.9. The number of carbonyl (C=O) groups is 2. The van der Waals surface area contributed by atoms with E-state index in [4.69, 9.17) is 10.2 Å². The summed E-state index contributed by atoms with van der Waals surface area (Å²) >= 11 is 0. The molecule has 0 aliphatic heterocycles. The molecule has 0 heterocycles. The van der Waals surface area contributed by atoms with Crippen molar-refractivity contribution < 1.29 is 62.3 Å². The van der Waals surface area contributed by atoms with Gasteiger partial charge in [0.1, 0.15) is 0 Å². The average molecular weight is 291 g/mol. The molecule has 0 atom stereocenters.